The van der Waals surface area contributed by atoms with E-state index in [2.05, 4.69) is 5.32 Å². The van der Waals surface area contributed by atoms with Crippen LogP contribution >= 0.6 is 11.6 Å². The first-order valence-corrected chi connectivity index (χ1v) is 10.2. The molecule has 0 spiro atoms. The van der Waals surface area contributed by atoms with E-state index < -0.39 is 17.8 Å². The molecule has 6 nitrogen and oxygen atoms in total. The molecular formula is C21H25ClN2O4. The molecule has 0 atom stereocenters. The summed E-state index contributed by atoms with van der Waals surface area (Å²) in [5, 5.41) is 3.06. The Kier molecular flexibility index (Phi) is 6.73. The fourth-order valence-electron chi connectivity index (χ4n) is 3.48. The van der Waals surface area contributed by atoms with E-state index in [4.69, 9.17) is 16.3 Å². The average molecular weight is 405 g/mol. The van der Waals surface area contributed by atoms with E-state index in [1.165, 1.54) is 12.5 Å². The topological polar surface area (TPSA) is 75.7 Å². The number of hydrogen-bond acceptors (Lipinski definition) is 5. The number of esters is 1. The van der Waals surface area contributed by atoms with E-state index >= 15 is 0 Å². The van der Waals surface area contributed by atoms with Gasteiger partial charge in [0.05, 0.1) is 17.9 Å². The Labute approximate surface area is 169 Å². The van der Waals surface area contributed by atoms with Crippen LogP contribution in [0, 0.1) is 0 Å². The van der Waals surface area contributed by atoms with Crippen molar-refractivity contribution in [3.05, 3.63) is 40.6 Å². The molecule has 1 heterocycles. The molecule has 3 rings (SSSR count). The highest BCUT2D eigenvalue weighted by atomic mass is 35.5. The van der Waals surface area contributed by atoms with E-state index in [-0.39, 0.29) is 16.8 Å². The molecule has 0 unspecified atom stereocenters. The van der Waals surface area contributed by atoms with Crippen LogP contribution < -0.4 is 10.2 Å². The summed E-state index contributed by atoms with van der Waals surface area (Å²) in [6.07, 6.45) is 6.98. The number of hydrogen-bond donors (Lipinski definition) is 1. The van der Waals surface area contributed by atoms with Crippen LogP contribution in [0.4, 0.5) is 5.69 Å². The van der Waals surface area contributed by atoms with Crippen LogP contribution in [-0.4, -0.2) is 30.4 Å². The summed E-state index contributed by atoms with van der Waals surface area (Å²) in [6, 6.07) is 6.45. The van der Waals surface area contributed by atoms with Gasteiger partial charge in [-0.15, -0.1) is 0 Å². The highest BCUT2D eigenvalue weighted by Gasteiger charge is 2.39. The predicted molar refractivity (Wildman–Crippen MR) is 107 cm³/mol. The van der Waals surface area contributed by atoms with Crippen molar-refractivity contribution in [1.29, 1.82) is 0 Å². The molecule has 2 amide bonds. The molecule has 1 saturated carbocycles. The summed E-state index contributed by atoms with van der Waals surface area (Å²) in [5.74, 6) is -1.55. The third-order valence-corrected chi connectivity index (χ3v) is 5.40. The van der Waals surface area contributed by atoms with Gasteiger partial charge in [-0.25, -0.2) is 9.69 Å². The molecule has 0 radical (unpaired) electrons. The third-order valence-electron chi connectivity index (χ3n) is 5.05. The number of nitrogens with one attached hydrogen (secondary N) is 1. The van der Waals surface area contributed by atoms with Gasteiger partial charge in [-0.1, -0.05) is 50.3 Å². The number of carbonyl (C=O) groups is 3. The standard InChI is InChI=1S/C21H25ClN2O4/c1-2-3-12-28-21(27)14-8-7-11-16(13-14)24-19(25)17(22)18(20(24)26)23-15-9-5-4-6-10-15/h7-8,11,13,15,23H,2-6,9-10,12H2,1H3. The van der Waals surface area contributed by atoms with Crippen LogP contribution in [0.5, 0.6) is 0 Å². The molecule has 1 aromatic rings. The monoisotopic (exact) mass is 404 g/mol. The number of anilines is 1. The number of carbonyl (C=O) groups excluding carboxylic acids is 3. The van der Waals surface area contributed by atoms with Crippen LogP contribution in [0.3, 0.4) is 0 Å². The van der Waals surface area contributed by atoms with Crippen molar-refractivity contribution in [3.63, 3.8) is 0 Å². The molecule has 0 bridgehead atoms. The lowest BCUT2D eigenvalue weighted by Crippen LogP contribution is -2.37. The van der Waals surface area contributed by atoms with Gasteiger partial charge in [0.1, 0.15) is 10.7 Å². The molecule has 150 valence electrons. The van der Waals surface area contributed by atoms with E-state index in [0.29, 0.717) is 17.9 Å². The lowest BCUT2D eigenvalue weighted by molar-refractivity contribution is -0.120. The quantitative estimate of drug-likeness (QED) is 0.424. The van der Waals surface area contributed by atoms with Gasteiger partial charge in [0.2, 0.25) is 0 Å². The van der Waals surface area contributed by atoms with Gasteiger partial charge in [-0.3, -0.25) is 9.59 Å². The van der Waals surface area contributed by atoms with Crippen molar-refractivity contribution < 1.29 is 19.1 Å². The first kappa shape index (κ1) is 20.4. The number of unbranched alkanes of at least 4 members (excludes halogenated alkanes) is 1. The Hall–Kier alpha value is -2.34. The zero-order valence-corrected chi connectivity index (χ0v) is 16.8. The second-order valence-corrected chi connectivity index (χ2v) is 7.53. The van der Waals surface area contributed by atoms with Crippen LogP contribution in [0.1, 0.15) is 62.2 Å². The minimum absolute atomic E-state index is 0.105. The van der Waals surface area contributed by atoms with E-state index in [9.17, 15) is 14.4 Å². The second kappa shape index (κ2) is 9.24. The SMILES string of the molecule is CCCCOC(=O)c1cccc(N2C(=O)C(Cl)=C(NC3CCCCC3)C2=O)c1. The summed E-state index contributed by atoms with van der Waals surface area (Å²) in [6.45, 7) is 2.35. The van der Waals surface area contributed by atoms with Gasteiger partial charge in [-0.05, 0) is 37.5 Å². The van der Waals surface area contributed by atoms with Gasteiger partial charge in [0.25, 0.3) is 11.8 Å². The van der Waals surface area contributed by atoms with Crippen LogP contribution in [0.25, 0.3) is 0 Å². The van der Waals surface area contributed by atoms with E-state index in [1.807, 2.05) is 6.92 Å². The van der Waals surface area contributed by atoms with Crippen LogP contribution in [0.15, 0.2) is 35.0 Å². The molecular weight excluding hydrogens is 380 g/mol. The normalized spacial score (nSPS) is 18.0. The summed E-state index contributed by atoms with van der Waals surface area (Å²) in [7, 11) is 0. The maximum atomic E-state index is 12.9. The average Bonchev–Trinajstić information content (AvgIpc) is 2.92. The molecule has 1 aliphatic carbocycles. The van der Waals surface area contributed by atoms with Crippen LogP contribution in [0.2, 0.25) is 0 Å². The molecule has 1 N–H and O–H groups in total. The molecule has 2 aliphatic rings. The number of benzene rings is 1. The molecule has 1 aliphatic heterocycles. The summed E-state index contributed by atoms with van der Waals surface area (Å²) in [5.41, 5.74) is 0.743. The number of nitrogens with zero attached hydrogens (tertiary/aromatic N) is 1. The molecule has 1 fully saturated rings. The highest BCUT2D eigenvalue weighted by molar-refractivity contribution is 6.52. The Morgan fingerprint density at radius 1 is 1.21 bits per heavy atom. The summed E-state index contributed by atoms with van der Waals surface area (Å²) in [4.78, 5) is 38.7. The fraction of sp³-hybridized carbons (Fsp3) is 0.476. The predicted octanol–water partition coefficient (Wildman–Crippen LogP) is 3.89. The summed E-state index contributed by atoms with van der Waals surface area (Å²) >= 11 is 6.19. The maximum Gasteiger partial charge on any atom is 0.338 e. The zero-order chi connectivity index (χ0) is 20.1. The Bertz CT molecular complexity index is 799. The number of imide groups is 1. The van der Waals surface area contributed by atoms with E-state index in [1.54, 1.807) is 18.2 Å². The Morgan fingerprint density at radius 2 is 1.96 bits per heavy atom. The molecule has 0 saturated heterocycles. The lowest BCUT2D eigenvalue weighted by Gasteiger charge is -2.24. The Balaban J connectivity index is 1.75. The highest BCUT2D eigenvalue weighted by Crippen LogP contribution is 2.30. The number of halogens is 1. The number of rotatable bonds is 7. The molecule has 0 aromatic heterocycles. The zero-order valence-electron chi connectivity index (χ0n) is 16.0. The van der Waals surface area contributed by atoms with Gasteiger partial charge < -0.3 is 10.1 Å². The second-order valence-electron chi connectivity index (χ2n) is 7.15. The van der Waals surface area contributed by atoms with Crippen molar-refractivity contribution in [2.45, 2.75) is 57.9 Å². The largest absolute Gasteiger partial charge is 0.462 e. The third kappa shape index (κ3) is 4.38. The van der Waals surface area contributed by atoms with Gasteiger partial charge in [0.15, 0.2) is 0 Å². The maximum absolute atomic E-state index is 12.9. The first-order valence-electron chi connectivity index (χ1n) is 9.85. The molecule has 7 heteroatoms. The van der Waals surface area contributed by atoms with Gasteiger partial charge in [0, 0.05) is 6.04 Å². The van der Waals surface area contributed by atoms with Crippen LogP contribution in [-0.2, 0) is 14.3 Å². The van der Waals surface area contributed by atoms with Crippen molar-refractivity contribution in [2.24, 2.45) is 0 Å². The van der Waals surface area contributed by atoms with Gasteiger partial charge >= 0.3 is 5.97 Å². The van der Waals surface area contributed by atoms with Crippen molar-refractivity contribution in [3.8, 4) is 0 Å². The minimum atomic E-state index is -0.582. The van der Waals surface area contributed by atoms with Crippen molar-refractivity contribution in [2.75, 3.05) is 11.5 Å². The molecule has 1 aromatic carbocycles. The Morgan fingerprint density at radius 3 is 2.68 bits per heavy atom. The minimum Gasteiger partial charge on any atom is -0.462 e. The van der Waals surface area contributed by atoms with Crippen molar-refractivity contribution in [1.82, 2.24) is 5.32 Å². The summed E-state index contributed by atoms with van der Waals surface area (Å²) < 4.78 is 5.21. The van der Waals surface area contributed by atoms with Gasteiger partial charge in [-0.2, -0.15) is 0 Å². The molecule has 28 heavy (non-hydrogen) atoms. The van der Waals surface area contributed by atoms with E-state index in [0.717, 1.165) is 43.4 Å². The first-order chi connectivity index (χ1) is 13.5. The number of ether oxygens (including phenoxy) is 1. The fourth-order valence-corrected chi connectivity index (χ4v) is 3.70. The smallest absolute Gasteiger partial charge is 0.338 e. The van der Waals surface area contributed by atoms with Crippen molar-refractivity contribution >= 4 is 35.1 Å². The number of amides is 2. The lowest BCUT2D eigenvalue weighted by atomic mass is 9.95.